The number of carbonyl (C=O) groups is 1. The summed E-state index contributed by atoms with van der Waals surface area (Å²) >= 11 is 0. The predicted octanol–water partition coefficient (Wildman–Crippen LogP) is 2.37. The molecule has 0 saturated carbocycles. The summed E-state index contributed by atoms with van der Waals surface area (Å²) in [6, 6.07) is 5.05. The van der Waals surface area contributed by atoms with E-state index in [0.29, 0.717) is 6.42 Å². The summed E-state index contributed by atoms with van der Waals surface area (Å²) in [5, 5.41) is 0.239. The summed E-state index contributed by atoms with van der Waals surface area (Å²) < 4.78 is 19.0. The predicted molar refractivity (Wildman–Crippen MR) is 63.1 cm³/mol. The van der Waals surface area contributed by atoms with Crippen molar-refractivity contribution in [1.82, 2.24) is 5.12 Å². The van der Waals surface area contributed by atoms with E-state index in [2.05, 4.69) is 6.58 Å². The average Bonchev–Trinajstić information content (AvgIpc) is 2.36. The molecule has 0 N–H and O–H groups in total. The summed E-state index contributed by atoms with van der Waals surface area (Å²) in [6.07, 6.45) is 2.16. The van der Waals surface area contributed by atoms with Crippen LogP contribution in [-0.2, 0) is 11.2 Å². The highest BCUT2D eigenvalue weighted by Crippen LogP contribution is 2.30. The number of halogens is 1. The Morgan fingerprint density at radius 3 is 3.06 bits per heavy atom. The Hall–Kier alpha value is -1.84. The molecule has 2 rings (SSSR count). The van der Waals surface area contributed by atoms with E-state index in [1.54, 1.807) is 6.08 Å². The van der Waals surface area contributed by atoms with Crippen LogP contribution < -0.4 is 4.74 Å². The first-order valence-electron chi connectivity index (χ1n) is 5.46. The SMILES string of the molecule is C=Cc1cccc2c1C[C@@H](N(F)C(C)=O)CO2. The second-order valence-electron chi connectivity index (χ2n) is 4.03. The lowest BCUT2D eigenvalue weighted by molar-refractivity contribution is -0.151. The fraction of sp³-hybridized carbons (Fsp3) is 0.308. The van der Waals surface area contributed by atoms with Gasteiger partial charge in [0.15, 0.2) is 0 Å². The van der Waals surface area contributed by atoms with Crippen LogP contribution in [-0.4, -0.2) is 23.7 Å². The Morgan fingerprint density at radius 1 is 1.65 bits per heavy atom. The maximum absolute atomic E-state index is 13.5. The minimum atomic E-state index is -0.599. The van der Waals surface area contributed by atoms with Gasteiger partial charge in [-0.25, -0.2) is 0 Å². The third-order valence-corrected chi connectivity index (χ3v) is 2.88. The van der Waals surface area contributed by atoms with E-state index in [4.69, 9.17) is 4.74 Å². The van der Waals surface area contributed by atoms with Crippen molar-refractivity contribution in [3.8, 4) is 5.75 Å². The summed E-state index contributed by atoms with van der Waals surface area (Å²) in [5.74, 6) is 0.147. The van der Waals surface area contributed by atoms with E-state index in [-0.39, 0.29) is 11.7 Å². The normalized spacial score (nSPS) is 17.9. The van der Waals surface area contributed by atoms with Gasteiger partial charge in [-0.15, -0.1) is 0 Å². The molecule has 1 aliphatic rings. The van der Waals surface area contributed by atoms with Crippen LogP contribution in [0.25, 0.3) is 6.08 Å². The molecule has 0 bridgehead atoms. The molecule has 1 aromatic rings. The maximum Gasteiger partial charge on any atom is 0.247 e. The van der Waals surface area contributed by atoms with Gasteiger partial charge in [0.2, 0.25) is 5.91 Å². The molecule has 1 aromatic carbocycles. The van der Waals surface area contributed by atoms with E-state index in [0.717, 1.165) is 16.9 Å². The fourth-order valence-corrected chi connectivity index (χ4v) is 2.01. The Bertz CT molecular complexity index is 459. The molecule has 0 spiro atoms. The van der Waals surface area contributed by atoms with Crippen molar-refractivity contribution >= 4 is 12.0 Å². The minimum absolute atomic E-state index is 0.184. The summed E-state index contributed by atoms with van der Waals surface area (Å²) in [5.41, 5.74) is 1.83. The molecule has 1 atom stereocenters. The monoisotopic (exact) mass is 235 g/mol. The highest BCUT2D eigenvalue weighted by molar-refractivity contribution is 5.72. The highest BCUT2D eigenvalue weighted by atomic mass is 19.2. The van der Waals surface area contributed by atoms with Crippen molar-refractivity contribution in [2.45, 2.75) is 19.4 Å². The van der Waals surface area contributed by atoms with Crippen LogP contribution in [0.4, 0.5) is 4.48 Å². The van der Waals surface area contributed by atoms with Gasteiger partial charge in [0, 0.05) is 18.9 Å². The van der Waals surface area contributed by atoms with Crippen LogP contribution in [0.15, 0.2) is 24.8 Å². The minimum Gasteiger partial charge on any atom is -0.491 e. The topological polar surface area (TPSA) is 29.5 Å². The van der Waals surface area contributed by atoms with Gasteiger partial charge in [0.25, 0.3) is 0 Å². The molecule has 1 amide bonds. The van der Waals surface area contributed by atoms with Crippen LogP contribution >= 0.6 is 0 Å². The van der Waals surface area contributed by atoms with Crippen molar-refractivity contribution in [1.29, 1.82) is 0 Å². The number of hydrogen-bond donors (Lipinski definition) is 0. The molecule has 1 aliphatic heterocycles. The lowest BCUT2D eigenvalue weighted by Gasteiger charge is -2.29. The Labute approximate surface area is 99.4 Å². The molecule has 0 radical (unpaired) electrons. The van der Waals surface area contributed by atoms with E-state index >= 15 is 0 Å². The molecule has 3 nitrogen and oxygen atoms in total. The summed E-state index contributed by atoms with van der Waals surface area (Å²) in [4.78, 5) is 11.0. The third-order valence-electron chi connectivity index (χ3n) is 2.88. The van der Waals surface area contributed by atoms with Gasteiger partial charge < -0.3 is 4.74 Å². The second kappa shape index (κ2) is 4.57. The van der Waals surface area contributed by atoms with E-state index in [9.17, 15) is 9.28 Å². The molecule has 1 heterocycles. The molecule has 90 valence electrons. The van der Waals surface area contributed by atoms with Crippen LogP contribution in [0, 0.1) is 0 Å². The quantitative estimate of drug-likeness (QED) is 0.736. The summed E-state index contributed by atoms with van der Waals surface area (Å²) in [7, 11) is 0. The smallest absolute Gasteiger partial charge is 0.247 e. The first kappa shape index (κ1) is 11.6. The zero-order chi connectivity index (χ0) is 12.4. The summed E-state index contributed by atoms with van der Waals surface area (Å²) in [6.45, 7) is 5.10. The van der Waals surface area contributed by atoms with Crippen LogP contribution in [0.3, 0.4) is 0 Å². The van der Waals surface area contributed by atoms with Gasteiger partial charge in [-0.1, -0.05) is 29.3 Å². The second-order valence-corrected chi connectivity index (χ2v) is 4.03. The molecule has 0 saturated heterocycles. The van der Waals surface area contributed by atoms with Gasteiger partial charge in [0.05, 0.1) is 0 Å². The van der Waals surface area contributed by atoms with Crippen LogP contribution in [0.5, 0.6) is 5.75 Å². The highest BCUT2D eigenvalue weighted by Gasteiger charge is 2.28. The standard InChI is InChI=1S/C13H14FNO2/c1-3-10-5-4-6-13-12(10)7-11(8-17-13)15(14)9(2)16/h3-6,11H,1,7-8H2,2H3/t11-/m1/s1. The maximum atomic E-state index is 13.5. The average molecular weight is 235 g/mol. The van der Waals surface area contributed by atoms with Gasteiger partial charge in [-0.2, -0.15) is 5.12 Å². The van der Waals surface area contributed by atoms with Crippen molar-refractivity contribution < 1.29 is 14.0 Å². The Morgan fingerprint density at radius 2 is 2.41 bits per heavy atom. The third kappa shape index (κ3) is 2.16. The zero-order valence-corrected chi connectivity index (χ0v) is 9.65. The Balaban J connectivity index is 2.28. The number of rotatable bonds is 2. The molecule has 0 aromatic heterocycles. The first-order chi connectivity index (χ1) is 8.13. The molecule has 17 heavy (non-hydrogen) atoms. The zero-order valence-electron chi connectivity index (χ0n) is 9.65. The van der Waals surface area contributed by atoms with Gasteiger partial charge in [-0.05, 0) is 11.6 Å². The molecule has 0 fully saturated rings. The first-order valence-corrected chi connectivity index (χ1v) is 5.46. The molecule has 4 heteroatoms. The van der Waals surface area contributed by atoms with Crippen molar-refractivity contribution in [3.63, 3.8) is 0 Å². The van der Waals surface area contributed by atoms with Gasteiger partial charge >= 0.3 is 0 Å². The number of hydrogen-bond acceptors (Lipinski definition) is 2. The van der Waals surface area contributed by atoms with Crippen molar-refractivity contribution in [3.05, 3.63) is 35.9 Å². The number of nitrogens with zero attached hydrogens (tertiary/aromatic N) is 1. The molecular weight excluding hydrogens is 221 g/mol. The van der Waals surface area contributed by atoms with Gasteiger partial charge in [0.1, 0.15) is 18.4 Å². The largest absolute Gasteiger partial charge is 0.491 e. The van der Waals surface area contributed by atoms with E-state index in [1.807, 2.05) is 18.2 Å². The number of amides is 1. The van der Waals surface area contributed by atoms with Crippen molar-refractivity contribution in [2.24, 2.45) is 0 Å². The van der Waals surface area contributed by atoms with E-state index in [1.165, 1.54) is 6.92 Å². The Kier molecular flexibility index (Phi) is 3.13. The number of carbonyl (C=O) groups excluding carboxylic acids is 1. The van der Waals surface area contributed by atoms with Gasteiger partial charge in [-0.3, -0.25) is 4.79 Å². The van der Waals surface area contributed by atoms with Crippen LogP contribution in [0.1, 0.15) is 18.1 Å². The number of benzene rings is 1. The molecule has 0 unspecified atom stereocenters. The molecule has 0 aliphatic carbocycles. The lowest BCUT2D eigenvalue weighted by atomic mass is 9.97. The fourth-order valence-electron chi connectivity index (χ4n) is 2.01. The van der Waals surface area contributed by atoms with Crippen molar-refractivity contribution in [2.75, 3.05) is 6.61 Å². The molecular formula is C13H14FNO2. The van der Waals surface area contributed by atoms with E-state index < -0.39 is 11.9 Å². The number of fused-ring (bicyclic) bond motifs is 1. The lowest BCUT2D eigenvalue weighted by Crippen LogP contribution is -2.40. The van der Waals surface area contributed by atoms with Crippen LogP contribution in [0.2, 0.25) is 0 Å². The number of ether oxygens (including phenoxy) is 1.